The quantitative estimate of drug-likeness (QED) is 0.780. The predicted molar refractivity (Wildman–Crippen MR) is 106 cm³/mol. The summed E-state index contributed by atoms with van der Waals surface area (Å²) >= 11 is 0. The van der Waals surface area contributed by atoms with Gasteiger partial charge in [0.2, 0.25) is 5.91 Å². The number of nitrogens with one attached hydrogen (secondary N) is 1. The summed E-state index contributed by atoms with van der Waals surface area (Å²) in [5, 5.41) is 3.42. The van der Waals surface area contributed by atoms with E-state index in [0.29, 0.717) is 25.2 Å². The molecule has 7 heteroatoms. The SMILES string of the molecule is Cn1cncc1C(=O)C1CCN(C(=O)CCCC2=Cn3cccc3CN2)CC1. The van der Waals surface area contributed by atoms with E-state index >= 15 is 0 Å². The average molecular weight is 381 g/mol. The number of ketones is 1. The van der Waals surface area contributed by atoms with Crippen LogP contribution in [-0.2, 0) is 18.4 Å². The smallest absolute Gasteiger partial charge is 0.222 e. The van der Waals surface area contributed by atoms with Gasteiger partial charge in [0.1, 0.15) is 5.69 Å². The number of carbonyl (C=O) groups excluding carboxylic acids is 2. The second kappa shape index (κ2) is 8.04. The van der Waals surface area contributed by atoms with Crippen molar-refractivity contribution in [3.63, 3.8) is 0 Å². The van der Waals surface area contributed by atoms with Crippen molar-refractivity contribution in [1.29, 1.82) is 0 Å². The number of aryl methyl sites for hydroxylation is 1. The van der Waals surface area contributed by atoms with E-state index in [0.717, 1.165) is 32.2 Å². The van der Waals surface area contributed by atoms with Gasteiger partial charge in [-0.15, -0.1) is 0 Å². The lowest BCUT2D eigenvalue weighted by Gasteiger charge is -2.31. The number of amides is 1. The van der Waals surface area contributed by atoms with E-state index in [2.05, 4.69) is 33.3 Å². The molecular formula is C21H27N5O2. The van der Waals surface area contributed by atoms with E-state index < -0.39 is 0 Å². The van der Waals surface area contributed by atoms with E-state index in [4.69, 9.17) is 0 Å². The summed E-state index contributed by atoms with van der Waals surface area (Å²) < 4.78 is 3.90. The van der Waals surface area contributed by atoms with Gasteiger partial charge in [-0.25, -0.2) is 4.98 Å². The summed E-state index contributed by atoms with van der Waals surface area (Å²) in [5.74, 6) is 0.336. The number of hydrogen-bond acceptors (Lipinski definition) is 4. The minimum Gasteiger partial charge on any atom is -0.382 e. The van der Waals surface area contributed by atoms with Crippen LogP contribution in [0.2, 0.25) is 0 Å². The Kier molecular flexibility index (Phi) is 5.32. The third kappa shape index (κ3) is 3.88. The number of nitrogens with zero attached hydrogens (tertiary/aromatic N) is 4. The molecule has 148 valence electrons. The van der Waals surface area contributed by atoms with Crippen LogP contribution in [0.1, 0.15) is 48.3 Å². The molecule has 0 spiro atoms. The molecule has 1 saturated heterocycles. The largest absolute Gasteiger partial charge is 0.382 e. The van der Waals surface area contributed by atoms with Crippen LogP contribution in [0, 0.1) is 5.92 Å². The molecule has 1 N–H and O–H groups in total. The van der Waals surface area contributed by atoms with Gasteiger partial charge in [-0.05, 0) is 37.8 Å². The number of aromatic nitrogens is 3. The Morgan fingerprint density at radius 2 is 2.11 bits per heavy atom. The molecule has 0 aromatic carbocycles. The standard InChI is InChI=1S/C21H27N5O2/c1-24-15-22-13-19(24)21(28)16-7-10-25(11-8-16)20(27)6-2-4-17-14-26-9-3-5-18(26)12-23-17/h3,5,9,13-16,23H,2,4,6-8,10-12H2,1H3. The highest BCUT2D eigenvalue weighted by Crippen LogP contribution is 2.23. The second-order valence-electron chi connectivity index (χ2n) is 7.68. The first-order valence-corrected chi connectivity index (χ1v) is 10.0. The predicted octanol–water partition coefficient (Wildman–Crippen LogP) is 2.42. The summed E-state index contributed by atoms with van der Waals surface area (Å²) in [6.45, 7) is 2.17. The van der Waals surface area contributed by atoms with Crippen molar-refractivity contribution in [2.24, 2.45) is 13.0 Å². The molecule has 7 nitrogen and oxygen atoms in total. The van der Waals surface area contributed by atoms with Crippen LogP contribution in [0.5, 0.6) is 0 Å². The summed E-state index contributed by atoms with van der Waals surface area (Å²) in [6, 6.07) is 4.15. The number of hydrogen-bond donors (Lipinski definition) is 1. The fraction of sp³-hybridized carbons (Fsp3) is 0.476. The van der Waals surface area contributed by atoms with Crippen LogP contribution in [0.15, 0.2) is 36.6 Å². The first-order valence-electron chi connectivity index (χ1n) is 10.0. The zero-order valence-corrected chi connectivity index (χ0v) is 16.3. The van der Waals surface area contributed by atoms with Crippen LogP contribution in [0.4, 0.5) is 0 Å². The molecule has 0 unspecified atom stereocenters. The Morgan fingerprint density at radius 1 is 1.29 bits per heavy atom. The lowest BCUT2D eigenvalue weighted by Crippen LogP contribution is -2.40. The second-order valence-corrected chi connectivity index (χ2v) is 7.68. The van der Waals surface area contributed by atoms with E-state index in [1.165, 1.54) is 11.4 Å². The lowest BCUT2D eigenvalue weighted by molar-refractivity contribution is -0.132. The summed E-state index contributed by atoms with van der Waals surface area (Å²) in [6.07, 6.45) is 11.2. The summed E-state index contributed by atoms with van der Waals surface area (Å²) in [5.41, 5.74) is 3.09. The average Bonchev–Trinajstić information content (AvgIpc) is 3.35. The number of rotatable bonds is 6. The van der Waals surface area contributed by atoms with Crippen LogP contribution in [0.3, 0.4) is 0 Å². The molecule has 1 amide bonds. The molecule has 2 aromatic heterocycles. The van der Waals surface area contributed by atoms with Gasteiger partial charge in [0.05, 0.1) is 19.1 Å². The van der Waals surface area contributed by atoms with Gasteiger partial charge in [0.25, 0.3) is 0 Å². The van der Waals surface area contributed by atoms with Crippen molar-refractivity contribution < 1.29 is 9.59 Å². The molecule has 28 heavy (non-hydrogen) atoms. The Balaban J connectivity index is 1.21. The molecule has 1 fully saturated rings. The van der Waals surface area contributed by atoms with Gasteiger partial charge >= 0.3 is 0 Å². The lowest BCUT2D eigenvalue weighted by atomic mass is 9.91. The maximum absolute atomic E-state index is 12.6. The van der Waals surface area contributed by atoms with E-state index in [1.54, 1.807) is 17.1 Å². The number of carbonyl (C=O) groups is 2. The molecule has 2 aliphatic heterocycles. The van der Waals surface area contributed by atoms with Crippen LogP contribution in [-0.4, -0.2) is 43.8 Å². The number of fused-ring (bicyclic) bond motifs is 1. The molecule has 2 aliphatic rings. The van der Waals surface area contributed by atoms with Crippen LogP contribution in [0.25, 0.3) is 6.20 Å². The highest BCUT2D eigenvalue weighted by Gasteiger charge is 2.29. The third-order valence-corrected chi connectivity index (χ3v) is 5.78. The van der Waals surface area contributed by atoms with Crippen molar-refractivity contribution in [2.45, 2.75) is 38.6 Å². The fourth-order valence-electron chi connectivity index (χ4n) is 4.06. The zero-order chi connectivity index (χ0) is 19.5. The highest BCUT2D eigenvalue weighted by atomic mass is 16.2. The van der Waals surface area contributed by atoms with E-state index in [1.807, 2.05) is 18.0 Å². The third-order valence-electron chi connectivity index (χ3n) is 5.78. The minimum absolute atomic E-state index is 0.00758. The topological polar surface area (TPSA) is 72.2 Å². The van der Waals surface area contributed by atoms with Crippen molar-refractivity contribution in [2.75, 3.05) is 13.1 Å². The van der Waals surface area contributed by atoms with Gasteiger partial charge in [0.15, 0.2) is 5.78 Å². The van der Waals surface area contributed by atoms with Gasteiger partial charge < -0.3 is 19.4 Å². The van der Waals surface area contributed by atoms with Crippen molar-refractivity contribution in [3.05, 3.63) is 47.9 Å². The zero-order valence-electron chi connectivity index (χ0n) is 16.3. The first kappa shape index (κ1) is 18.5. The van der Waals surface area contributed by atoms with Crippen LogP contribution >= 0.6 is 0 Å². The molecule has 0 atom stereocenters. The molecule has 0 aliphatic carbocycles. The van der Waals surface area contributed by atoms with Gasteiger partial charge in [0, 0.05) is 56.3 Å². The maximum atomic E-state index is 12.6. The minimum atomic E-state index is -0.00758. The Hall–Kier alpha value is -2.83. The van der Waals surface area contributed by atoms with Crippen LogP contribution < -0.4 is 5.32 Å². The van der Waals surface area contributed by atoms with Crippen molar-refractivity contribution in [1.82, 2.24) is 24.3 Å². The number of likely N-dealkylation sites (tertiary alicyclic amines) is 1. The molecule has 0 radical (unpaired) electrons. The highest BCUT2D eigenvalue weighted by molar-refractivity contribution is 5.96. The number of piperidine rings is 1. The van der Waals surface area contributed by atoms with Crippen molar-refractivity contribution in [3.8, 4) is 0 Å². The number of allylic oxidation sites excluding steroid dienone is 1. The Labute approximate surface area is 165 Å². The molecule has 2 aromatic rings. The molecule has 4 heterocycles. The normalized spacial score (nSPS) is 17.0. The summed E-state index contributed by atoms with van der Waals surface area (Å²) in [7, 11) is 1.84. The van der Waals surface area contributed by atoms with Gasteiger partial charge in [-0.2, -0.15) is 0 Å². The molecule has 4 rings (SSSR count). The number of imidazole rings is 1. The summed E-state index contributed by atoms with van der Waals surface area (Å²) in [4.78, 5) is 31.1. The van der Waals surface area contributed by atoms with E-state index in [9.17, 15) is 9.59 Å². The molecule has 0 saturated carbocycles. The maximum Gasteiger partial charge on any atom is 0.222 e. The molecule has 0 bridgehead atoms. The fourth-order valence-corrected chi connectivity index (χ4v) is 4.06. The Bertz CT molecular complexity index is 886. The van der Waals surface area contributed by atoms with Crippen molar-refractivity contribution >= 4 is 17.9 Å². The number of Topliss-reactive ketones (excluding diaryl/α,β-unsaturated/α-hetero) is 1. The first-order chi connectivity index (χ1) is 13.6. The van der Waals surface area contributed by atoms with Gasteiger partial charge in [-0.3, -0.25) is 9.59 Å². The monoisotopic (exact) mass is 381 g/mol. The molecular weight excluding hydrogens is 354 g/mol. The Morgan fingerprint density at radius 3 is 2.86 bits per heavy atom. The van der Waals surface area contributed by atoms with Gasteiger partial charge in [-0.1, -0.05) is 0 Å². The van der Waals surface area contributed by atoms with E-state index in [-0.39, 0.29) is 17.6 Å².